The van der Waals surface area contributed by atoms with Gasteiger partial charge in [0.05, 0.1) is 11.9 Å². The smallest absolute Gasteiger partial charge is 0.137 e. The van der Waals surface area contributed by atoms with Crippen LogP contribution in [0.4, 0.5) is 4.39 Å². The summed E-state index contributed by atoms with van der Waals surface area (Å²) in [6, 6.07) is 25.9. The molecular weight excluding hydrogens is 421 g/mol. The highest BCUT2D eigenvalue weighted by Gasteiger charge is 2.30. The molecule has 1 aliphatic carbocycles. The monoisotopic (exact) mass is 453 g/mol. The van der Waals surface area contributed by atoms with Crippen LogP contribution in [-0.2, 0) is 6.42 Å². The van der Waals surface area contributed by atoms with E-state index in [1.54, 1.807) is 12.1 Å². The summed E-state index contributed by atoms with van der Waals surface area (Å²) in [4.78, 5) is 7.89. The van der Waals surface area contributed by atoms with E-state index in [1.807, 2.05) is 6.20 Å². The Morgan fingerprint density at radius 2 is 1.65 bits per heavy atom. The number of hydrogen-bond donors (Lipinski definition) is 2. The van der Waals surface area contributed by atoms with Crippen molar-refractivity contribution in [2.45, 2.75) is 50.5 Å². The molecule has 0 amide bonds. The fraction of sp³-hybridized carbons (Fsp3) is 0.300. The van der Waals surface area contributed by atoms with E-state index < -0.39 is 0 Å². The summed E-state index contributed by atoms with van der Waals surface area (Å²) in [5, 5.41) is 0. The molecule has 3 nitrogen and oxygen atoms in total. The van der Waals surface area contributed by atoms with E-state index in [9.17, 15) is 4.39 Å². The number of nitrogens with zero attached hydrogens (tertiary/aromatic N) is 1. The van der Waals surface area contributed by atoms with Gasteiger partial charge in [0.25, 0.3) is 0 Å². The topological polar surface area (TPSA) is 54.7 Å². The molecule has 0 radical (unpaired) electrons. The third-order valence-electron chi connectivity index (χ3n) is 7.21. The maximum Gasteiger partial charge on any atom is 0.137 e. The van der Waals surface area contributed by atoms with Crippen LogP contribution in [0.15, 0.2) is 85.1 Å². The van der Waals surface area contributed by atoms with Crippen LogP contribution in [0.25, 0.3) is 22.6 Å². The quantitative estimate of drug-likeness (QED) is 0.313. The van der Waals surface area contributed by atoms with Gasteiger partial charge in [-0.05, 0) is 72.2 Å². The SMILES string of the molecule is NC(Cc1cccc(-c2cnc(-c3ccc(F)cc3)[nH]2)c1)C(c1ccccc1)C1CCCCC1. The highest BCUT2D eigenvalue weighted by atomic mass is 19.1. The van der Waals surface area contributed by atoms with Gasteiger partial charge in [-0.1, -0.05) is 67.8 Å². The number of hydrogen-bond acceptors (Lipinski definition) is 2. The van der Waals surface area contributed by atoms with Crippen molar-refractivity contribution in [3.63, 3.8) is 0 Å². The lowest BCUT2D eigenvalue weighted by atomic mass is 9.72. The van der Waals surface area contributed by atoms with E-state index in [0.717, 1.165) is 29.1 Å². The first-order valence-electron chi connectivity index (χ1n) is 12.4. The zero-order valence-corrected chi connectivity index (χ0v) is 19.5. The summed E-state index contributed by atoms with van der Waals surface area (Å²) >= 11 is 0. The van der Waals surface area contributed by atoms with Crippen LogP contribution in [0.5, 0.6) is 0 Å². The number of aromatic nitrogens is 2. The first-order chi connectivity index (χ1) is 16.7. The normalized spacial score (nSPS) is 16.3. The van der Waals surface area contributed by atoms with E-state index >= 15 is 0 Å². The van der Waals surface area contributed by atoms with Crippen LogP contribution >= 0.6 is 0 Å². The highest BCUT2D eigenvalue weighted by Crippen LogP contribution is 2.38. The van der Waals surface area contributed by atoms with Crippen LogP contribution in [0.1, 0.15) is 49.1 Å². The Hall–Kier alpha value is -3.24. The molecule has 3 aromatic carbocycles. The van der Waals surface area contributed by atoms with Crippen molar-refractivity contribution in [1.29, 1.82) is 0 Å². The van der Waals surface area contributed by atoms with Gasteiger partial charge < -0.3 is 10.7 Å². The molecule has 3 N–H and O–H groups in total. The fourth-order valence-corrected chi connectivity index (χ4v) is 5.52. The Bertz CT molecular complexity index is 1190. The predicted octanol–water partition coefficient (Wildman–Crippen LogP) is 7.12. The molecule has 1 aromatic heterocycles. The minimum absolute atomic E-state index is 0.0669. The Morgan fingerprint density at radius 1 is 0.882 bits per heavy atom. The molecule has 2 atom stereocenters. The average Bonchev–Trinajstić information content (AvgIpc) is 3.37. The second kappa shape index (κ2) is 10.4. The van der Waals surface area contributed by atoms with Crippen LogP contribution in [0.3, 0.4) is 0 Å². The van der Waals surface area contributed by atoms with E-state index in [1.165, 1.54) is 55.4 Å². The Morgan fingerprint density at radius 3 is 2.41 bits per heavy atom. The molecule has 1 fully saturated rings. The van der Waals surface area contributed by atoms with Gasteiger partial charge in [0.1, 0.15) is 11.6 Å². The van der Waals surface area contributed by atoms with Gasteiger partial charge in [0, 0.05) is 17.5 Å². The first kappa shape index (κ1) is 22.5. The van der Waals surface area contributed by atoms with E-state index in [4.69, 9.17) is 5.73 Å². The summed E-state index contributed by atoms with van der Waals surface area (Å²) in [6.07, 6.45) is 9.19. The zero-order valence-electron chi connectivity index (χ0n) is 19.5. The number of rotatable bonds is 7. The van der Waals surface area contributed by atoms with Crippen LogP contribution in [-0.4, -0.2) is 16.0 Å². The number of aromatic amines is 1. The number of imidazole rings is 1. The Labute approximate surface area is 201 Å². The van der Waals surface area contributed by atoms with Crippen molar-refractivity contribution >= 4 is 0 Å². The number of benzene rings is 3. The lowest BCUT2D eigenvalue weighted by molar-refractivity contribution is 0.275. The molecule has 0 spiro atoms. The summed E-state index contributed by atoms with van der Waals surface area (Å²) in [5.41, 5.74) is 12.4. The minimum Gasteiger partial charge on any atom is -0.338 e. The summed E-state index contributed by atoms with van der Waals surface area (Å²) in [5.74, 6) is 1.52. The largest absolute Gasteiger partial charge is 0.338 e. The third kappa shape index (κ3) is 5.13. The molecule has 174 valence electrons. The fourth-order valence-electron chi connectivity index (χ4n) is 5.52. The van der Waals surface area contributed by atoms with E-state index in [-0.39, 0.29) is 11.9 Å². The average molecular weight is 454 g/mol. The van der Waals surface area contributed by atoms with Crippen LogP contribution < -0.4 is 5.73 Å². The highest BCUT2D eigenvalue weighted by molar-refractivity contribution is 5.65. The van der Waals surface area contributed by atoms with Crippen molar-refractivity contribution in [2.24, 2.45) is 11.7 Å². The summed E-state index contributed by atoms with van der Waals surface area (Å²) < 4.78 is 13.3. The Kier molecular flexibility index (Phi) is 6.87. The van der Waals surface area contributed by atoms with Gasteiger partial charge in [0.2, 0.25) is 0 Å². The van der Waals surface area contributed by atoms with Crippen molar-refractivity contribution in [3.8, 4) is 22.6 Å². The second-order valence-electron chi connectivity index (χ2n) is 9.56. The second-order valence-corrected chi connectivity index (χ2v) is 9.56. The maximum absolute atomic E-state index is 13.3. The first-order valence-corrected chi connectivity index (χ1v) is 12.4. The maximum atomic E-state index is 13.3. The molecule has 4 heteroatoms. The molecular formula is C30H32FN3. The van der Waals surface area contributed by atoms with Crippen molar-refractivity contribution < 1.29 is 4.39 Å². The molecule has 1 aliphatic rings. The molecule has 2 unspecified atom stereocenters. The standard InChI is InChI=1S/C30H32FN3/c31-26-16-14-24(15-17-26)30-33-20-28(34-30)25-13-7-8-21(18-25)19-27(32)29(22-9-3-1-4-10-22)23-11-5-2-6-12-23/h1,3-4,7-10,13-18,20,23,27,29H,2,5-6,11-12,19,32H2,(H,33,34). The van der Waals surface area contributed by atoms with Gasteiger partial charge in [-0.25, -0.2) is 9.37 Å². The molecule has 0 aliphatic heterocycles. The van der Waals surface area contributed by atoms with Crippen molar-refractivity contribution in [1.82, 2.24) is 9.97 Å². The van der Waals surface area contributed by atoms with E-state index in [2.05, 4.69) is 64.6 Å². The molecule has 0 bridgehead atoms. The summed E-state index contributed by atoms with van der Waals surface area (Å²) in [6.45, 7) is 0. The van der Waals surface area contributed by atoms with Crippen molar-refractivity contribution in [2.75, 3.05) is 0 Å². The number of nitrogens with one attached hydrogen (secondary N) is 1. The van der Waals surface area contributed by atoms with Crippen molar-refractivity contribution in [3.05, 3.63) is 102 Å². The molecule has 1 saturated carbocycles. The molecule has 0 saturated heterocycles. The predicted molar refractivity (Wildman–Crippen MR) is 137 cm³/mol. The molecule has 1 heterocycles. The minimum atomic E-state index is -0.249. The van der Waals surface area contributed by atoms with Gasteiger partial charge in [-0.15, -0.1) is 0 Å². The van der Waals surface area contributed by atoms with Crippen LogP contribution in [0, 0.1) is 11.7 Å². The molecule has 4 aromatic rings. The Balaban J connectivity index is 1.36. The third-order valence-corrected chi connectivity index (χ3v) is 7.21. The van der Waals surface area contributed by atoms with Gasteiger partial charge in [-0.2, -0.15) is 0 Å². The lowest BCUT2D eigenvalue weighted by Crippen LogP contribution is -2.36. The summed E-state index contributed by atoms with van der Waals surface area (Å²) in [7, 11) is 0. The number of halogens is 1. The molecule has 5 rings (SSSR count). The number of H-pyrrole nitrogens is 1. The van der Waals surface area contributed by atoms with Gasteiger partial charge in [0.15, 0.2) is 0 Å². The zero-order chi connectivity index (χ0) is 23.3. The van der Waals surface area contributed by atoms with Crippen LogP contribution in [0.2, 0.25) is 0 Å². The molecule has 34 heavy (non-hydrogen) atoms. The van der Waals surface area contributed by atoms with E-state index in [0.29, 0.717) is 11.8 Å². The van der Waals surface area contributed by atoms with Gasteiger partial charge in [-0.3, -0.25) is 0 Å². The number of nitrogens with two attached hydrogens (primary N) is 1. The van der Waals surface area contributed by atoms with Gasteiger partial charge >= 0.3 is 0 Å². The lowest BCUT2D eigenvalue weighted by Gasteiger charge is -2.35.